The molecule has 0 saturated heterocycles. The Morgan fingerprint density at radius 2 is 2.10 bits per heavy atom. The first-order valence-electron chi connectivity index (χ1n) is 7.05. The van der Waals surface area contributed by atoms with Crippen molar-refractivity contribution in [3.63, 3.8) is 0 Å². The zero-order valence-electron chi connectivity index (χ0n) is 11.7. The van der Waals surface area contributed by atoms with Gasteiger partial charge in [-0.15, -0.1) is 11.3 Å². The maximum atomic E-state index is 12.2. The Bertz CT molecular complexity index is 463. The number of hydrogen-bond acceptors (Lipinski definition) is 3. The number of thiophene rings is 1. The molecule has 0 radical (unpaired) electrons. The van der Waals surface area contributed by atoms with Gasteiger partial charge in [0.2, 0.25) is 5.91 Å². The van der Waals surface area contributed by atoms with Crippen molar-refractivity contribution >= 4 is 23.2 Å². The lowest BCUT2D eigenvalue weighted by atomic mass is 9.79. The number of rotatable bonds is 6. The van der Waals surface area contributed by atoms with Crippen molar-refractivity contribution in [2.75, 3.05) is 0 Å². The molecule has 1 amide bonds. The largest absolute Gasteiger partial charge is 0.481 e. The van der Waals surface area contributed by atoms with Crippen molar-refractivity contribution in [1.82, 2.24) is 5.32 Å². The molecular formula is C15H21NO3S. The average molecular weight is 295 g/mol. The lowest BCUT2D eigenvalue weighted by Gasteiger charge is -2.27. The second-order valence-electron chi connectivity index (χ2n) is 5.76. The van der Waals surface area contributed by atoms with Crippen LogP contribution in [0, 0.1) is 5.41 Å². The predicted molar refractivity (Wildman–Crippen MR) is 78.6 cm³/mol. The van der Waals surface area contributed by atoms with Crippen LogP contribution in [0.2, 0.25) is 0 Å². The highest BCUT2D eigenvalue weighted by Crippen LogP contribution is 2.44. The Balaban J connectivity index is 1.93. The van der Waals surface area contributed by atoms with Crippen LogP contribution in [0.25, 0.3) is 0 Å². The molecule has 0 aromatic carbocycles. The summed E-state index contributed by atoms with van der Waals surface area (Å²) in [6.45, 7) is 1.96. The summed E-state index contributed by atoms with van der Waals surface area (Å²) in [5, 5.41) is 14.0. The van der Waals surface area contributed by atoms with Gasteiger partial charge in [-0.25, -0.2) is 0 Å². The van der Waals surface area contributed by atoms with Gasteiger partial charge in [0.1, 0.15) is 0 Å². The normalized spacial score (nSPS) is 18.6. The molecule has 0 bridgehead atoms. The Morgan fingerprint density at radius 1 is 1.40 bits per heavy atom. The molecule has 0 aliphatic heterocycles. The summed E-state index contributed by atoms with van der Waals surface area (Å²) in [4.78, 5) is 24.3. The summed E-state index contributed by atoms with van der Waals surface area (Å²) < 4.78 is 0. The second-order valence-corrected chi connectivity index (χ2v) is 6.74. The molecule has 1 fully saturated rings. The Morgan fingerprint density at radius 3 is 2.65 bits per heavy atom. The van der Waals surface area contributed by atoms with Crippen molar-refractivity contribution in [1.29, 1.82) is 0 Å². The fraction of sp³-hybridized carbons (Fsp3) is 0.600. The summed E-state index contributed by atoms with van der Waals surface area (Å²) in [6.07, 6.45) is 4.19. The van der Waals surface area contributed by atoms with Gasteiger partial charge in [-0.05, 0) is 36.6 Å². The molecule has 1 atom stereocenters. The van der Waals surface area contributed by atoms with Crippen LogP contribution in [0.4, 0.5) is 0 Å². The molecule has 1 aromatic rings. The molecule has 1 aromatic heterocycles. The van der Waals surface area contributed by atoms with E-state index < -0.39 is 5.97 Å². The van der Waals surface area contributed by atoms with Crippen LogP contribution in [-0.4, -0.2) is 17.0 Å². The van der Waals surface area contributed by atoms with Crippen molar-refractivity contribution in [2.45, 2.75) is 51.5 Å². The van der Waals surface area contributed by atoms with Gasteiger partial charge in [-0.1, -0.05) is 18.9 Å². The van der Waals surface area contributed by atoms with Crippen LogP contribution in [0.5, 0.6) is 0 Å². The number of carboxylic acids is 1. The molecule has 2 N–H and O–H groups in total. The SMILES string of the molecule is CC(NC(=O)CC1(CC(=O)O)CCCC1)c1cccs1. The number of aliphatic carboxylic acids is 1. The van der Waals surface area contributed by atoms with Gasteiger partial charge in [-0.2, -0.15) is 0 Å². The van der Waals surface area contributed by atoms with E-state index in [2.05, 4.69) is 5.32 Å². The standard InChI is InChI=1S/C15H21NO3S/c1-11(12-5-4-8-20-12)16-13(17)9-15(10-14(18)19)6-2-3-7-15/h4-5,8,11H,2-3,6-7,9-10H2,1H3,(H,16,17)(H,18,19). The van der Waals surface area contributed by atoms with E-state index in [-0.39, 0.29) is 23.8 Å². The highest BCUT2D eigenvalue weighted by atomic mass is 32.1. The lowest BCUT2D eigenvalue weighted by molar-refractivity contribution is -0.140. The summed E-state index contributed by atoms with van der Waals surface area (Å²) in [5.74, 6) is -0.833. The van der Waals surface area contributed by atoms with Crippen LogP contribution in [0.1, 0.15) is 56.4 Å². The number of carboxylic acid groups (broad SMARTS) is 1. The number of carbonyl (C=O) groups is 2. The molecule has 0 spiro atoms. The molecule has 5 heteroatoms. The molecule has 20 heavy (non-hydrogen) atoms. The quantitative estimate of drug-likeness (QED) is 0.845. The number of amides is 1. The number of hydrogen-bond donors (Lipinski definition) is 2. The van der Waals surface area contributed by atoms with Crippen LogP contribution in [-0.2, 0) is 9.59 Å². The Kier molecular flexibility index (Phi) is 4.81. The van der Waals surface area contributed by atoms with E-state index in [1.807, 2.05) is 24.4 Å². The van der Waals surface area contributed by atoms with E-state index in [9.17, 15) is 9.59 Å². The van der Waals surface area contributed by atoms with Gasteiger partial charge >= 0.3 is 5.97 Å². The average Bonchev–Trinajstić information content (AvgIpc) is 2.98. The van der Waals surface area contributed by atoms with Gasteiger partial charge in [0.15, 0.2) is 0 Å². The molecule has 1 saturated carbocycles. The lowest BCUT2D eigenvalue weighted by Crippen LogP contribution is -2.33. The van der Waals surface area contributed by atoms with Crippen molar-refractivity contribution in [2.24, 2.45) is 5.41 Å². The van der Waals surface area contributed by atoms with Gasteiger partial charge in [0, 0.05) is 11.3 Å². The first kappa shape index (κ1) is 15.0. The molecule has 1 unspecified atom stereocenters. The fourth-order valence-electron chi connectivity index (χ4n) is 3.10. The van der Waals surface area contributed by atoms with E-state index in [1.54, 1.807) is 11.3 Å². The maximum Gasteiger partial charge on any atom is 0.303 e. The second kappa shape index (κ2) is 6.39. The summed E-state index contributed by atoms with van der Waals surface area (Å²) in [6, 6.07) is 3.95. The summed E-state index contributed by atoms with van der Waals surface area (Å²) in [7, 11) is 0. The van der Waals surface area contributed by atoms with Crippen molar-refractivity contribution in [3.05, 3.63) is 22.4 Å². The minimum Gasteiger partial charge on any atom is -0.481 e. The first-order chi connectivity index (χ1) is 9.51. The van der Waals surface area contributed by atoms with E-state index >= 15 is 0 Å². The molecule has 4 nitrogen and oxygen atoms in total. The molecular weight excluding hydrogens is 274 g/mol. The minimum absolute atomic E-state index is 0.00854. The molecule has 1 aliphatic rings. The highest BCUT2D eigenvalue weighted by molar-refractivity contribution is 7.10. The van der Waals surface area contributed by atoms with E-state index in [0.717, 1.165) is 30.6 Å². The van der Waals surface area contributed by atoms with E-state index in [4.69, 9.17) is 5.11 Å². The molecule has 1 heterocycles. The van der Waals surface area contributed by atoms with E-state index in [0.29, 0.717) is 6.42 Å². The summed E-state index contributed by atoms with van der Waals surface area (Å²) >= 11 is 1.62. The van der Waals surface area contributed by atoms with Crippen molar-refractivity contribution in [3.8, 4) is 0 Å². The fourth-order valence-corrected chi connectivity index (χ4v) is 3.84. The van der Waals surface area contributed by atoms with Crippen molar-refractivity contribution < 1.29 is 14.7 Å². The minimum atomic E-state index is -0.800. The van der Waals surface area contributed by atoms with Gasteiger partial charge in [0.25, 0.3) is 0 Å². The van der Waals surface area contributed by atoms with Crippen LogP contribution in [0.3, 0.4) is 0 Å². The molecule has 2 rings (SSSR count). The third-order valence-corrected chi connectivity index (χ3v) is 5.13. The van der Waals surface area contributed by atoms with Gasteiger partial charge in [0.05, 0.1) is 12.5 Å². The number of nitrogens with one attached hydrogen (secondary N) is 1. The third kappa shape index (κ3) is 3.82. The van der Waals surface area contributed by atoms with Gasteiger partial charge in [-0.3, -0.25) is 9.59 Å². The smallest absolute Gasteiger partial charge is 0.303 e. The van der Waals surface area contributed by atoms with Crippen LogP contribution >= 0.6 is 11.3 Å². The molecule has 1 aliphatic carbocycles. The topological polar surface area (TPSA) is 66.4 Å². The zero-order valence-corrected chi connectivity index (χ0v) is 12.5. The third-order valence-electron chi connectivity index (χ3n) is 4.07. The van der Waals surface area contributed by atoms with Gasteiger partial charge < -0.3 is 10.4 Å². The highest BCUT2D eigenvalue weighted by Gasteiger charge is 2.38. The first-order valence-corrected chi connectivity index (χ1v) is 7.93. The molecule has 110 valence electrons. The van der Waals surface area contributed by atoms with Crippen LogP contribution < -0.4 is 5.32 Å². The number of carbonyl (C=O) groups excluding carboxylic acids is 1. The monoisotopic (exact) mass is 295 g/mol. The van der Waals surface area contributed by atoms with Crippen LogP contribution in [0.15, 0.2) is 17.5 Å². The van der Waals surface area contributed by atoms with E-state index in [1.165, 1.54) is 0 Å². The maximum absolute atomic E-state index is 12.2. The predicted octanol–water partition coefficient (Wildman–Crippen LogP) is 3.35. The Labute approximate surface area is 123 Å². The zero-order chi connectivity index (χ0) is 14.6. The Hall–Kier alpha value is -1.36. The summed E-state index contributed by atoms with van der Waals surface area (Å²) in [5.41, 5.74) is -0.328.